The molecule has 0 spiro atoms. The Morgan fingerprint density at radius 1 is 1.58 bits per heavy atom. The summed E-state index contributed by atoms with van der Waals surface area (Å²) in [5, 5.41) is 0. The molecule has 0 heterocycles. The summed E-state index contributed by atoms with van der Waals surface area (Å²) < 4.78 is 25.0. The molecular formula is C8H10NO2S. The van der Waals surface area contributed by atoms with Crippen LogP contribution < -0.4 is 4.72 Å². The lowest BCUT2D eigenvalue weighted by atomic mass is 10.4. The van der Waals surface area contributed by atoms with E-state index >= 15 is 0 Å². The predicted molar refractivity (Wildman–Crippen MR) is 46.1 cm³/mol. The maximum absolute atomic E-state index is 11.3. The molecule has 1 aromatic carbocycles. The molecule has 1 N–H and O–H groups in total. The quantitative estimate of drug-likeness (QED) is 0.754. The van der Waals surface area contributed by atoms with Gasteiger partial charge in [-0.25, -0.2) is 13.1 Å². The Morgan fingerprint density at radius 2 is 2.33 bits per heavy atom. The Balaban J connectivity index is 2.99. The first-order valence-corrected chi connectivity index (χ1v) is 5.11. The van der Waals surface area contributed by atoms with Gasteiger partial charge in [0, 0.05) is 6.54 Å². The van der Waals surface area contributed by atoms with Gasteiger partial charge in [0.15, 0.2) is 0 Å². The van der Waals surface area contributed by atoms with Crippen molar-refractivity contribution in [1.29, 1.82) is 0 Å². The fraction of sp³-hybridized carbons (Fsp3) is 0.250. The molecule has 3 nitrogen and oxygen atoms in total. The molecule has 0 unspecified atom stereocenters. The standard InChI is InChI=1S/C8H10NO2S/c1-2-9-12(10,11)8-6-4-3-5-7-8/h3-4,6-7,9H,2H2,1H3. The van der Waals surface area contributed by atoms with E-state index in [0.29, 0.717) is 6.54 Å². The van der Waals surface area contributed by atoms with Crippen molar-refractivity contribution in [3.63, 3.8) is 0 Å². The highest BCUT2D eigenvalue weighted by Crippen LogP contribution is 2.05. The van der Waals surface area contributed by atoms with Gasteiger partial charge in [0.2, 0.25) is 10.0 Å². The van der Waals surface area contributed by atoms with Crippen LogP contribution in [0.2, 0.25) is 0 Å². The smallest absolute Gasteiger partial charge is 0.211 e. The van der Waals surface area contributed by atoms with Crippen LogP contribution in [-0.2, 0) is 10.0 Å². The van der Waals surface area contributed by atoms with E-state index in [1.807, 2.05) is 0 Å². The molecule has 0 amide bonds. The number of nitrogens with one attached hydrogen (secondary N) is 1. The maximum atomic E-state index is 11.3. The molecule has 0 bridgehead atoms. The Hall–Kier alpha value is -0.870. The van der Waals surface area contributed by atoms with Crippen LogP contribution in [0.25, 0.3) is 0 Å². The molecule has 0 atom stereocenters. The van der Waals surface area contributed by atoms with Crippen molar-refractivity contribution in [1.82, 2.24) is 4.72 Å². The highest BCUT2D eigenvalue weighted by atomic mass is 32.2. The molecule has 1 rings (SSSR count). The third-order valence-electron chi connectivity index (χ3n) is 1.32. The number of sulfonamides is 1. The number of rotatable bonds is 3. The van der Waals surface area contributed by atoms with E-state index in [2.05, 4.69) is 10.8 Å². The summed E-state index contributed by atoms with van der Waals surface area (Å²) in [7, 11) is -3.29. The molecule has 0 aromatic heterocycles. The normalized spacial score (nSPS) is 11.4. The summed E-state index contributed by atoms with van der Waals surface area (Å²) in [6, 6.07) is 8.99. The fourth-order valence-corrected chi connectivity index (χ4v) is 1.84. The molecule has 0 saturated carbocycles. The first-order valence-electron chi connectivity index (χ1n) is 3.62. The van der Waals surface area contributed by atoms with Gasteiger partial charge >= 0.3 is 0 Å². The fourth-order valence-electron chi connectivity index (χ4n) is 0.817. The van der Waals surface area contributed by atoms with E-state index in [9.17, 15) is 8.42 Å². The zero-order valence-electron chi connectivity index (χ0n) is 6.74. The molecule has 0 aliphatic carbocycles. The average molecular weight is 184 g/mol. The van der Waals surface area contributed by atoms with E-state index in [-0.39, 0.29) is 4.90 Å². The first kappa shape index (κ1) is 9.22. The van der Waals surface area contributed by atoms with Crippen LogP contribution in [0.15, 0.2) is 29.2 Å². The van der Waals surface area contributed by atoms with Crippen LogP contribution in [0.4, 0.5) is 0 Å². The lowest BCUT2D eigenvalue weighted by molar-refractivity contribution is 0.584. The van der Waals surface area contributed by atoms with Gasteiger partial charge in [0.1, 0.15) is 0 Å². The second-order valence-electron chi connectivity index (χ2n) is 2.24. The molecule has 65 valence electrons. The minimum Gasteiger partial charge on any atom is -0.211 e. The van der Waals surface area contributed by atoms with Crippen molar-refractivity contribution in [2.75, 3.05) is 6.54 Å². The second kappa shape index (κ2) is 3.69. The summed E-state index contributed by atoms with van der Waals surface area (Å²) in [6.07, 6.45) is 0. The van der Waals surface area contributed by atoms with Gasteiger partial charge in [0.05, 0.1) is 4.90 Å². The largest absolute Gasteiger partial charge is 0.240 e. The van der Waals surface area contributed by atoms with Crippen molar-refractivity contribution >= 4 is 10.0 Å². The van der Waals surface area contributed by atoms with E-state index in [1.54, 1.807) is 19.1 Å². The van der Waals surface area contributed by atoms with Crippen molar-refractivity contribution in [2.45, 2.75) is 11.8 Å². The van der Waals surface area contributed by atoms with Gasteiger partial charge in [-0.05, 0) is 18.2 Å². The molecule has 0 aliphatic rings. The third-order valence-corrected chi connectivity index (χ3v) is 2.87. The van der Waals surface area contributed by atoms with Crippen LogP contribution in [0.5, 0.6) is 0 Å². The molecule has 1 radical (unpaired) electrons. The minimum absolute atomic E-state index is 0.256. The van der Waals surface area contributed by atoms with Gasteiger partial charge < -0.3 is 0 Å². The zero-order valence-corrected chi connectivity index (χ0v) is 7.56. The molecule has 4 heteroatoms. The van der Waals surface area contributed by atoms with E-state index in [0.717, 1.165) is 0 Å². The molecule has 0 saturated heterocycles. The van der Waals surface area contributed by atoms with Gasteiger partial charge in [-0.15, -0.1) is 0 Å². The summed E-state index contributed by atoms with van der Waals surface area (Å²) in [5.41, 5.74) is 0. The highest BCUT2D eigenvalue weighted by molar-refractivity contribution is 7.89. The number of benzene rings is 1. The summed E-state index contributed by atoms with van der Waals surface area (Å²) in [5.74, 6) is 0. The maximum Gasteiger partial charge on any atom is 0.240 e. The average Bonchev–Trinajstić information content (AvgIpc) is 2.06. The van der Waals surface area contributed by atoms with E-state index < -0.39 is 10.0 Å². The SMILES string of the molecule is CCNS(=O)(=O)c1c[c]ccc1. The first-order chi connectivity index (χ1) is 5.67. The van der Waals surface area contributed by atoms with Crippen LogP contribution in [0, 0.1) is 6.07 Å². The van der Waals surface area contributed by atoms with Gasteiger partial charge in [-0.3, -0.25) is 0 Å². The van der Waals surface area contributed by atoms with Crippen LogP contribution >= 0.6 is 0 Å². The monoisotopic (exact) mass is 184 g/mol. The Kier molecular flexibility index (Phi) is 2.83. The van der Waals surface area contributed by atoms with Crippen LogP contribution in [0.1, 0.15) is 6.92 Å². The van der Waals surface area contributed by atoms with Crippen molar-refractivity contribution in [3.8, 4) is 0 Å². The van der Waals surface area contributed by atoms with Crippen molar-refractivity contribution in [3.05, 3.63) is 30.3 Å². The Labute approximate surface area is 72.5 Å². The van der Waals surface area contributed by atoms with Crippen molar-refractivity contribution < 1.29 is 8.42 Å². The number of hydrogen-bond acceptors (Lipinski definition) is 2. The van der Waals surface area contributed by atoms with E-state index in [1.165, 1.54) is 12.1 Å². The summed E-state index contributed by atoms with van der Waals surface area (Å²) in [4.78, 5) is 0.256. The van der Waals surface area contributed by atoms with Crippen LogP contribution in [0.3, 0.4) is 0 Å². The Morgan fingerprint density at radius 3 is 2.83 bits per heavy atom. The van der Waals surface area contributed by atoms with Gasteiger partial charge in [0.25, 0.3) is 0 Å². The van der Waals surface area contributed by atoms with Crippen molar-refractivity contribution in [2.24, 2.45) is 0 Å². The minimum atomic E-state index is -3.29. The molecule has 12 heavy (non-hydrogen) atoms. The lowest BCUT2D eigenvalue weighted by Crippen LogP contribution is -2.22. The Bertz CT molecular complexity index is 331. The summed E-state index contributed by atoms with van der Waals surface area (Å²) >= 11 is 0. The third kappa shape index (κ3) is 2.06. The number of hydrogen-bond donors (Lipinski definition) is 1. The van der Waals surface area contributed by atoms with Gasteiger partial charge in [-0.1, -0.05) is 19.1 Å². The molecule has 1 aromatic rings. The zero-order chi connectivity index (χ0) is 9.03. The molecular weight excluding hydrogens is 174 g/mol. The summed E-state index contributed by atoms with van der Waals surface area (Å²) in [6.45, 7) is 2.14. The van der Waals surface area contributed by atoms with Crippen LogP contribution in [-0.4, -0.2) is 15.0 Å². The highest BCUT2D eigenvalue weighted by Gasteiger charge is 2.10. The van der Waals surface area contributed by atoms with Gasteiger partial charge in [-0.2, -0.15) is 0 Å². The lowest BCUT2D eigenvalue weighted by Gasteiger charge is -2.02. The second-order valence-corrected chi connectivity index (χ2v) is 4.01. The topological polar surface area (TPSA) is 46.2 Å². The molecule has 0 aliphatic heterocycles. The van der Waals surface area contributed by atoms with E-state index in [4.69, 9.17) is 0 Å². The predicted octanol–water partition coefficient (Wildman–Crippen LogP) is 0.785. The molecule has 0 fully saturated rings.